The van der Waals surface area contributed by atoms with Crippen LogP contribution in [0.15, 0.2) is 66.4 Å². The first-order chi connectivity index (χ1) is 14.5. The zero-order chi connectivity index (χ0) is 21.3. The molecule has 5 nitrogen and oxygen atoms in total. The van der Waals surface area contributed by atoms with Crippen LogP contribution in [0, 0.1) is 0 Å². The fraction of sp³-hybridized carbons (Fsp3) is 0.208. The summed E-state index contributed by atoms with van der Waals surface area (Å²) in [7, 11) is 0. The smallest absolute Gasteiger partial charge is 0.265 e. The molecule has 0 radical (unpaired) electrons. The molecule has 1 aromatic heterocycles. The number of amides is 2. The molecule has 1 aliphatic rings. The zero-order valence-corrected chi connectivity index (χ0v) is 17.8. The highest BCUT2D eigenvalue weighted by molar-refractivity contribution is 7.80. The Morgan fingerprint density at radius 2 is 1.77 bits per heavy atom. The average molecular weight is 418 g/mol. The Kier molecular flexibility index (Phi) is 5.50. The van der Waals surface area contributed by atoms with E-state index in [-0.39, 0.29) is 22.6 Å². The van der Waals surface area contributed by atoms with Gasteiger partial charge in [-0.15, -0.1) is 0 Å². The topological polar surface area (TPSA) is 54.3 Å². The van der Waals surface area contributed by atoms with Gasteiger partial charge in [-0.25, -0.2) is 0 Å². The van der Waals surface area contributed by atoms with E-state index >= 15 is 0 Å². The van der Waals surface area contributed by atoms with Crippen molar-refractivity contribution in [3.05, 3.63) is 77.5 Å². The van der Waals surface area contributed by atoms with Gasteiger partial charge < -0.3 is 4.57 Å². The van der Waals surface area contributed by atoms with E-state index in [2.05, 4.69) is 22.0 Å². The van der Waals surface area contributed by atoms with Gasteiger partial charge in [0, 0.05) is 35.2 Å². The fourth-order valence-corrected chi connectivity index (χ4v) is 4.07. The average Bonchev–Trinajstić information content (AvgIpc) is 3.09. The Hall–Kier alpha value is -3.25. The minimum absolute atomic E-state index is 0.0894. The van der Waals surface area contributed by atoms with Gasteiger partial charge in [-0.2, -0.15) is 0 Å². The third-order valence-corrected chi connectivity index (χ3v) is 5.78. The van der Waals surface area contributed by atoms with Gasteiger partial charge >= 0.3 is 0 Å². The third-order valence-electron chi connectivity index (χ3n) is 5.48. The summed E-state index contributed by atoms with van der Waals surface area (Å²) in [6.07, 6.45) is 4.41. The summed E-state index contributed by atoms with van der Waals surface area (Å²) in [5, 5.41) is 3.82. The van der Waals surface area contributed by atoms with Crippen molar-refractivity contribution in [1.29, 1.82) is 0 Å². The third kappa shape index (κ3) is 3.66. The molecule has 0 saturated carbocycles. The van der Waals surface area contributed by atoms with Crippen LogP contribution >= 0.6 is 12.2 Å². The standard InChI is InChI=1S/C24H23N3O2S/c1-3-16(2)27-23(29)20(22(28)25-24(27)30)13-18-15-26(14-17-9-5-4-6-10-17)21-12-8-7-11-19(18)21/h4-13,15-16H,3,14H2,1-2H3,(H,25,28,30)/b20-13+/t16-/m1/s1. The molecule has 2 aromatic carbocycles. The number of nitrogens with zero attached hydrogens (tertiary/aromatic N) is 2. The van der Waals surface area contributed by atoms with E-state index in [1.165, 1.54) is 10.5 Å². The lowest BCUT2D eigenvalue weighted by molar-refractivity contribution is -0.130. The van der Waals surface area contributed by atoms with Crippen molar-refractivity contribution in [2.24, 2.45) is 0 Å². The number of aromatic nitrogens is 1. The molecule has 1 aliphatic heterocycles. The van der Waals surface area contributed by atoms with Crippen molar-refractivity contribution in [1.82, 2.24) is 14.8 Å². The second-order valence-corrected chi connectivity index (χ2v) is 7.85. The van der Waals surface area contributed by atoms with E-state index < -0.39 is 5.91 Å². The van der Waals surface area contributed by atoms with Gasteiger partial charge in [0.25, 0.3) is 11.8 Å². The summed E-state index contributed by atoms with van der Waals surface area (Å²) in [5.41, 5.74) is 3.16. The molecule has 0 bridgehead atoms. The highest BCUT2D eigenvalue weighted by atomic mass is 32.1. The Morgan fingerprint density at radius 1 is 1.07 bits per heavy atom. The summed E-state index contributed by atoms with van der Waals surface area (Å²) >= 11 is 5.24. The monoisotopic (exact) mass is 417 g/mol. The predicted octanol–water partition coefficient (Wildman–Crippen LogP) is 4.11. The largest absolute Gasteiger partial charge is 0.342 e. The number of benzene rings is 2. The van der Waals surface area contributed by atoms with E-state index in [0.29, 0.717) is 6.54 Å². The maximum Gasteiger partial charge on any atom is 0.265 e. The lowest BCUT2D eigenvalue weighted by Gasteiger charge is -2.33. The first kappa shape index (κ1) is 20.0. The van der Waals surface area contributed by atoms with Gasteiger partial charge in [-0.1, -0.05) is 55.5 Å². The molecule has 1 N–H and O–H groups in total. The lowest BCUT2D eigenvalue weighted by Crippen LogP contribution is -2.56. The first-order valence-electron chi connectivity index (χ1n) is 10.0. The second-order valence-electron chi connectivity index (χ2n) is 7.46. The van der Waals surface area contributed by atoms with Crippen LogP contribution in [0.1, 0.15) is 31.4 Å². The van der Waals surface area contributed by atoms with E-state index in [1.807, 2.05) is 62.5 Å². The Balaban J connectivity index is 1.77. The summed E-state index contributed by atoms with van der Waals surface area (Å²) in [6.45, 7) is 4.61. The van der Waals surface area contributed by atoms with E-state index in [4.69, 9.17) is 12.2 Å². The van der Waals surface area contributed by atoms with Crippen LogP contribution in [0.25, 0.3) is 17.0 Å². The number of hydrogen-bond donors (Lipinski definition) is 1. The second kappa shape index (κ2) is 8.24. The van der Waals surface area contributed by atoms with Gasteiger partial charge in [-0.05, 0) is 43.3 Å². The quantitative estimate of drug-likeness (QED) is 0.386. The number of thiocarbonyl (C=S) groups is 1. The van der Waals surface area contributed by atoms with Gasteiger partial charge in [0.05, 0.1) is 0 Å². The van der Waals surface area contributed by atoms with Gasteiger partial charge in [0.2, 0.25) is 0 Å². The van der Waals surface area contributed by atoms with E-state index in [9.17, 15) is 9.59 Å². The van der Waals surface area contributed by atoms with Crippen molar-refractivity contribution < 1.29 is 9.59 Å². The molecule has 3 aromatic rings. The van der Waals surface area contributed by atoms with Crippen LogP contribution in [-0.4, -0.2) is 32.4 Å². The van der Waals surface area contributed by atoms with Crippen LogP contribution < -0.4 is 5.32 Å². The number of carbonyl (C=O) groups is 2. The maximum absolute atomic E-state index is 13.1. The van der Waals surface area contributed by atoms with Crippen molar-refractivity contribution in [2.75, 3.05) is 0 Å². The Labute approximate surface area is 181 Å². The molecule has 152 valence electrons. The molecule has 1 atom stereocenters. The molecule has 2 amide bonds. The van der Waals surface area contributed by atoms with Crippen LogP contribution in [0.5, 0.6) is 0 Å². The van der Waals surface area contributed by atoms with Crippen LogP contribution in [-0.2, 0) is 16.1 Å². The minimum Gasteiger partial charge on any atom is -0.342 e. The molecule has 0 aliphatic carbocycles. The van der Waals surface area contributed by atoms with Crippen molar-refractivity contribution in [3.8, 4) is 0 Å². The molecular weight excluding hydrogens is 394 g/mol. The SMILES string of the molecule is CC[C@@H](C)N1C(=O)/C(=C/c2cn(Cc3ccccc3)c3ccccc23)C(=O)NC1=S. The van der Waals surface area contributed by atoms with Crippen molar-refractivity contribution in [2.45, 2.75) is 32.9 Å². The van der Waals surface area contributed by atoms with Gasteiger partial charge in [0.1, 0.15) is 5.57 Å². The van der Waals surface area contributed by atoms with Crippen LogP contribution in [0.2, 0.25) is 0 Å². The number of fused-ring (bicyclic) bond motifs is 1. The predicted molar refractivity (Wildman–Crippen MR) is 123 cm³/mol. The van der Waals surface area contributed by atoms with E-state index in [0.717, 1.165) is 22.9 Å². The first-order valence-corrected chi connectivity index (χ1v) is 10.4. The summed E-state index contributed by atoms with van der Waals surface area (Å²) in [5.74, 6) is -0.803. The molecule has 6 heteroatoms. The highest BCUT2D eigenvalue weighted by Crippen LogP contribution is 2.26. The Bertz CT molecular complexity index is 1160. The number of hydrogen-bond acceptors (Lipinski definition) is 3. The normalized spacial score (nSPS) is 16.9. The number of carbonyl (C=O) groups excluding carboxylic acids is 2. The summed E-state index contributed by atoms with van der Waals surface area (Å²) in [6, 6.07) is 18.1. The molecular formula is C24H23N3O2S. The maximum atomic E-state index is 13.1. The fourth-order valence-electron chi connectivity index (χ4n) is 3.71. The summed E-state index contributed by atoms with van der Waals surface area (Å²) < 4.78 is 2.14. The van der Waals surface area contributed by atoms with Gasteiger partial charge in [0.15, 0.2) is 5.11 Å². The molecule has 2 heterocycles. The summed E-state index contributed by atoms with van der Waals surface area (Å²) in [4.78, 5) is 27.2. The Morgan fingerprint density at radius 3 is 2.50 bits per heavy atom. The van der Waals surface area contributed by atoms with Gasteiger partial charge in [-0.3, -0.25) is 19.8 Å². The van der Waals surface area contributed by atoms with Crippen molar-refractivity contribution >= 4 is 46.1 Å². The van der Waals surface area contributed by atoms with Crippen LogP contribution in [0.3, 0.4) is 0 Å². The molecule has 4 rings (SSSR count). The zero-order valence-electron chi connectivity index (χ0n) is 17.0. The lowest BCUT2D eigenvalue weighted by atomic mass is 10.1. The molecule has 0 spiro atoms. The molecule has 1 saturated heterocycles. The molecule has 1 fully saturated rings. The molecule has 0 unspecified atom stereocenters. The van der Waals surface area contributed by atoms with E-state index in [1.54, 1.807) is 6.08 Å². The number of para-hydroxylation sites is 1. The number of rotatable bonds is 5. The molecule has 30 heavy (non-hydrogen) atoms. The number of nitrogens with one attached hydrogen (secondary N) is 1. The highest BCUT2D eigenvalue weighted by Gasteiger charge is 2.35. The van der Waals surface area contributed by atoms with Crippen LogP contribution in [0.4, 0.5) is 0 Å². The minimum atomic E-state index is -0.454. The van der Waals surface area contributed by atoms with Crippen molar-refractivity contribution in [3.63, 3.8) is 0 Å².